The number of ether oxygens (including phenoxy) is 1. The molecule has 0 atom stereocenters. The number of fused-ring (bicyclic) bond motifs is 1. The summed E-state index contributed by atoms with van der Waals surface area (Å²) in [5, 5.41) is 6.66. The van der Waals surface area contributed by atoms with E-state index in [1.807, 2.05) is 19.1 Å². The van der Waals surface area contributed by atoms with Crippen molar-refractivity contribution >= 4 is 46.7 Å². The highest BCUT2D eigenvalue weighted by atomic mass is 35.5. The largest absolute Gasteiger partial charge is 0.478 e. The number of hydrogen-bond donors (Lipinski definition) is 2. The molecule has 0 aliphatic heterocycles. The van der Waals surface area contributed by atoms with E-state index in [0.717, 1.165) is 5.39 Å². The van der Waals surface area contributed by atoms with E-state index in [0.29, 0.717) is 28.6 Å². The third-order valence-corrected chi connectivity index (χ3v) is 4.11. The van der Waals surface area contributed by atoms with E-state index in [-0.39, 0.29) is 23.8 Å². The summed E-state index contributed by atoms with van der Waals surface area (Å²) in [5.74, 6) is 0.221. The quantitative estimate of drug-likeness (QED) is 0.547. The standard InChI is InChI=1S/C19H22ClN5O3/c1-5-23-18(14(20)10-21-2)24-13-6-7-15-12(8-13)9-16(19(27)25(15)4)28-11-17(26)22-3/h6-10H,2,5,11H2,1,3-4H3,(H,22,26)(H,23,24)/b14-10+. The Morgan fingerprint density at radius 3 is 2.79 bits per heavy atom. The third-order valence-electron chi connectivity index (χ3n) is 3.84. The van der Waals surface area contributed by atoms with Crippen molar-refractivity contribution in [3.05, 3.63) is 45.9 Å². The van der Waals surface area contributed by atoms with Crippen LogP contribution in [0, 0.1) is 0 Å². The highest BCUT2D eigenvalue weighted by Gasteiger charge is 2.11. The van der Waals surface area contributed by atoms with Crippen molar-refractivity contribution in [2.75, 3.05) is 25.5 Å². The minimum atomic E-state index is -0.326. The molecule has 2 rings (SSSR count). The number of aromatic nitrogens is 1. The second kappa shape index (κ2) is 9.70. The van der Waals surface area contributed by atoms with Crippen LogP contribution in [0.3, 0.4) is 0 Å². The number of halogens is 1. The molecule has 1 heterocycles. The van der Waals surface area contributed by atoms with Crippen LogP contribution >= 0.6 is 11.6 Å². The minimum Gasteiger partial charge on any atom is -0.478 e. The van der Waals surface area contributed by atoms with Gasteiger partial charge in [0.2, 0.25) is 0 Å². The first-order valence-corrected chi connectivity index (χ1v) is 8.89. The van der Waals surface area contributed by atoms with Crippen LogP contribution in [0.5, 0.6) is 5.75 Å². The number of anilines is 1. The van der Waals surface area contributed by atoms with Gasteiger partial charge in [-0.2, -0.15) is 0 Å². The molecule has 0 radical (unpaired) electrons. The van der Waals surface area contributed by atoms with Crippen LogP contribution in [0.15, 0.2) is 50.3 Å². The summed E-state index contributed by atoms with van der Waals surface area (Å²) in [7, 11) is 3.14. The summed E-state index contributed by atoms with van der Waals surface area (Å²) in [6.07, 6.45) is 1.40. The zero-order valence-electron chi connectivity index (χ0n) is 16.0. The second-order valence-electron chi connectivity index (χ2n) is 5.72. The molecule has 0 fully saturated rings. The third kappa shape index (κ3) is 4.98. The summed E-state index contributed by atoms with van der Waals surface area (Å²) in [6, 6.07) is 7.04. The van der Waals surface area contributed by atoms with Crippen LogP contribution in [0.1, 0.15) is 6.92 Å². The first-order chi connectivity index (χ1) is 13.4. The predicted molar refractivity (Wildman–Crippen MR) is 114 cm³/mol. The lowest BCUT2D eigenvalue weighted by Crippen LogP contribution is -2.27. The fourth-order valence-corrected chi connectivity index (χ4v) is 2.64. The number of nitrogens with one attached hydrogen (secondary N) is 2. The fourth-order valence-electron chi connectivity index (χ4n) is 2.46. The van der Waals surface area contributed by atoms with Gasteiger partial charge >= 0.3 is 0 Å². The molecule has 9 heteroatoms. The van der Waals surface area contributed by atoms with E-state index in [2.05, 4.69) is 27.3 Å². The van der Waals surface area contributed by atoms with Crippen LogP contribution in [0.4, 0.5) is 5.69 Å². The number of nitrogens with zero attached hydrogens (tertiary/aromatic N) is 3. The van der Waals surface area contributed by atoms with E-state index in [1.54, 1.807) is 19.2 Å². The molecular weight excluding hydrogens is 382 g/mol. The zero-order chi connectivity index (χ0) is 20.7. The van der Waals surface area contributed by atoms with Gasteiger partial charge in [-0.1, -0.05) is 11.6 Å². The maximum absolute atomic E-state index is 12.4. The van der Waals surface area contributed by atoms with Gasteiger partial charge < -0.3 is 19.9 Å². The summed E-state index contributed by atoms with van der Waals surface area (Å²) < 4.78 is 6.84. The van der Waals surface area contributed by atoms with Gasteiger partial charge in [0.15, 0.2) is 12.4 Å². The number of likely N-dealkylation sites (N-methyl/N-ethyl adjacent to an activating group) is 1. The minimum absolute atomic E-state index is 0.0898. The lowest BCUT2D eigenvalue weighted by molar-refractivity contribution is -0.122. The van der Waals surface area contributed by atoms with E-state index >= 15 is 0 Å². The van der Waals surface area contributed by atoms with Gasteiger partial charge in [-0.3, -0.25) is 19.6 Å². The Morgan fingerprint density at radius 2 is 2.14 bits per heavy atom. The van der Waals surface area contributed by atoms with E-state index in [9.17, 15) is 9.59 Å². The fraction of sp³-hybridized carbons (Fsp3) is 0.263. The number of hydrogen-bond acceptors (Lipinski definition) is 5. The molecule has 0 aliphatic rings. The van der Waals surface area contributed by atoms with Crippen LogP contribution in [-0.2, 0) is 11.8 Å². The lowest BCUT2D eigenvalue weighted by Gasteiger charge is -2.13. The molecule has 0 aliphatic carbocycles. The zero-order valence-corrected chi connectivity index (χ0v) is 16.7. The molecule has 148 valence electrons. The van der Waals surface area contributed by atoms with Crippen LogP contribution in [-0.4, -0.2) is 43.2 Å². The molecule has 0 spiro atoms. The Kier molecular flexibility index (Phi) is 7.34. The van der Waals surface area contributed by atoms with Crippen molar-refractivity contribution in [3.63, 3.8) is 0 Å². The molecule has 8 nitrogen and oxygen atoms in total. The SMILES string of the molecule is C=N/C=C(/Cl)C(=NCC)Nc1ccc2c(c1)cc(OCC(=O)NC)c(=O)n2C. The molecule has 28 heavy (non-hydrogen) atoms. The van der Waals surface area contributed by atoms with Crippen LogP contribution in [0.25, 0.3) is 10.9 Å². The molecule has 1 aromatic heterocycles. The van der Waals surface area contributed by atoms with Gasteiger partial charge in [-0.25, -0.2) is 0 Å². The number of pyridine rings is 1. The van der Waals surface area contributed by atoms with Crippen LogP contribution < -0.4 is 20.9 Å². The first kappa shape index (κ1) is 21.2. The topological polar surface area (TPSA) is 97.1 Å². The summed E-state index contributed by atoms with van der Waals surface area (Å²) in [4.78, 5) is 31.8. The lowest BCUT2D eigenvalue weighted by atomic mass is 10.2. The number of amides is 1. The smallest absolute Gasteiger partial charge is 0.293 e. The number of rotatable bonds is 7. The Labute approximate surface area is 167 Å². The van der Waals surface area contributed by atoms with E-state index < -0.39 is 0 Å². The highest BCUT2D eigenvalue weighted by Crippen LogP contribution is 2.22. The number of aryl methyl sites for hydroxylation is 1. The molecule has 2 N–H and O–H groups in total. The summed E-state index contributed by atoms with van der Waals surface area (Å²) in [5.41, 5.74) is 1.10. The van der Waals surface area contributed by atoms with Gasteiger partial charge in [0.05, 0.1) is 5.52 Å². The monoisotopic (exact) mass is 403 g/mol. The second-order valence-corrected chi connectivity index (χ2v) is 6.12. The first-order valence-electron chi connectivity index (χ1n) is 8.51. The molecule has 0 saturated heterocycles. The van der Waals surface area contributed by atoms with E-state index in [1.165, 1.54) is 17.8 Å². The van der Waals surface area contributed by atoms with Gasteiger partial charge in [-0.15, -0.1) is 0 Å². The van der Waals surface area contributed by atoms with Crippen molar-refractivity contribution in [1.29, 1.82) is 0 Å². The van der Waals surface area contributed by atoms with Gasteiger partial charge in [-0.05, 0) is 37.9 Å². The number of carbonyl (C=O) groups is 1. The highest BCUT2D eigenvalue weighted by molar-refractivity contribution is 6.45. The average Bonchev–Trinajstić information content (AvgIpc) is 2.69. The van der Waals surface area contributed by atoms with Crippen molar-refractivity contribution in [2.45, 2.75) is 6.92 Å². The number of amidine groups is 1. The Morgan fingerprint density at radius 1 is 1.39 bits per heavy atom. The molecule has 1 amide bonds. The van der Waals surface area contributed by atoms with Crippen molar-refractivity contribution in [3.8, 4) is 5.75 Å². The van der Waals surface area contributed by atoms with Crippen molar-refractivity contribution in [1.82, 2.24) is 9.88 Å². The Balaban J connectivity index is 2.42. The Bertz CT molecular complexity index is 1010. The molecule has 2 aromatic rings. The molecule has 0 unspecified atom stereocenters. The average molecular weight is 404 g/mol. The number of carbonyl (C=O) groups excluding carboxylic acids is 1. The maximum Gasteiger partial charge on any atom is 0.293 e. The molecule has 1 aromatic carbocycles. The molecular formula is C19H22ClN5O3. The molecule has 0 bridgehead atoms. The number of benzene rings is 1. The summed E-state index contributed by atoms with van der Waals surface area (Å²) >= 11 is 6.18. The van der Waals surface area contributed by atoms with Gasteiger partial charge in [0, 0.05) is 37.9 Å². The summed E-state index contributed by atoms with van der Waals surface area (Å²) in [6.45, 7) is 5.57. The van der Waals surface area contributed by atoms with Gasteiger partial charge in [0.25, 0.3) is 11.5 Å². The number of aliphatic imine (C=N–C) groups is 2. The van der Waals surface area contributed by atoms with Crippen molar-refractivity contribution in [2.24, 2.45) is 17.0 Å². The maximum atomic E-state index is 12.4. The normalized spacial score (nSPS) is 12.0. The predicted octanol–water partition coefficient (Wildman–Crippen LogP) is 2.27. The van der Waals surface area contributed by atoms with Crippen LogP contribution in [0.2, 0.25) is 0 Å². The van der Waals surface area contributed by atoms with Crippen molar-refractivity contribution < 1.29 is 9.53 Å². The van der Waals surface area contributed by atoms with Gasteiger partial charge in [0.1, 0.15) is 10.9 Å². The molecule has 0 saturated carbocycles. The van der Waals surface area contributed by atoms with E-state index in [4.69, 9.17) is 16.3 Å². The Hall–Kier alpha value is -3.13.